The number of likely N-dealkylation sites (N-methyl/N-ethyl adjacent to an activating group) is 1. The van der Waals surface area contributed by atoms with Crippen LogP contribution in [0.1, 0.15) is 5.56 Å². The van der Waals surface area contributed by atoms with Gasteiger partial charge in [0.05, 0.1) is 23.7 Å². The van der Waals surface area contributed by atoms with Crippen LogP contribution in [0, 0.1) is 5.82 Å². The standard InChI is InChI=1S/C31H30ClFN6O5/c1-39(12-13-40)11-3-6-29(42)34-17-27(41)31(43)38-22-7-9-26-24(15-22)30(36-19-35-26)37-23-8-10-28(25(32)16-23)44-18-20-4-2-5-21(33)14-20/h2-10,14-16,19,40H,11-13,17-18H2,1H3,(H,34,42)(H,38,43)(H,35,36,37)/b6-3+. The number of benzene rings is 3. The lowest BCUT2D eigenvalue weighted by atomic mass is 10.2. The van der Waals surface area contributed by atoms with E-state index in [0.717, 1.165) is 0 Å². The Morgan fingerprint density at radius 3 is 2.66 bits per heavy atom. The third-order valence-corrected chi connectivity index (χ3v) is 6.51. The Hall–Kier alpha value is -4.91. The molecule has 0 bridgehead atoms. The minimum absolute atomic E-state index is 0.00211. The summed E-state index contributed by atoms with van der Waals surface area (Å²) in [7, 11) is 1.78. The molecule has 0 spiro atoms. The highest BCUT2D eigenvalue weighted by Crippen LogP contribution is 2.31. The SMILES string of the molecule is CN(C/C=C/C(=O)NCC(=O)C(=O)Nc1ccc2ncnc(Nc3ccc(OCc4cccc(F)c4)c(Cl)c3)c2c1)CCO. The number of aromatic nitrogens is 2. The second-order valence-electron chi connectivity index (χ2n) is 9.63. The molecule has 0 aliphatic heterocycles. The fourth-order valence-electron chi connectivity index (χ4n) is 3.96. The molecule has 0 atom stereocenters. The Morgan fingerprint density at radius 1 is 1.07 bits per heavy atom. The van der Waals surface area contributed by atoms with E-state index in [1.165, 1.54) is 24.5 Å². The van der Waals surface area contributed by atoms with E-state index in [1.807, 2.05) is 0 Å². The van der Waals surface area contributed by atoms with Crippen molar-refractivity contribution in [3.8, 4) is 5.75 Å². The summed E-state index contributed by atoms with van der Waals surface area (Å²) < 4.78 is 19.2. The van der Waals surface area contributed by atoms with Gasteiger partial charge in [-0.15, -0.1) is 0 Å². The van der Waals surface area contributed by atoms with E-state index < -0.39 is 24.1 Å². The van der Waals surface area contributed by atoms with Crippen LogP contribution >= 0.6 is 11.6 Å². The molecule has 0 aliphatic carbocycles. The van der Waals surface area contributed by atoms with Crippen LogP contribution < -0.4 is 20.7 Å². The topological polar surface area (TPSA) is 146 Å². The normalized spacial score (nSPS) is 11.1. The summed E-state index contributed by atoms with van der Waals surface area (Å²) in [6, 6.07) is 16.0. The summed E-state index contributed by atoms with van der Waals surface area (Å²) in [4.78, 5) is 47.1. The molecule has 1 aromatic heterocycles. The van der Waals surface area contributed by atoms with Crippen molar-refractivity contribution in [1.82, 2.24) is 20.2 Å². The number of aliphatic hydroxyl groups excluding tert-OH is 1. The van der Waals surface area contributed by atoms with Crippen molar-refractivity contribution in [2.24, 2.45) is 0 Å². The largest absolute Gasteiger partial charge is 0.487 e. The Kier molecular flexibility index (Phi) is 11.3. The van der Waals surface area contributed by atoms with Gasteiger partial charge >= 0.3 is 0 Å². The van der Waals surface area contributed by atoms with Crippen molar-refractivity contribution < 1.29 is 28.6 Å². The molecule has 2 amide bonds. The second-order valence-corrected chi connectivity index (χ2v) is 10.0. The van der Waals surface area contributed by atoms with Crippen LogP contribution in [0.4, 0.5) is 21.6 Å². The number of ether oxygens (including phenoxy) is 1. The molecule has 0 unspecified atom stereocenters. The molecule has 4 N–H and O–H groups in total. The van der Waals surface area contributed by atoms with Gasteiger partial charge in [-0.05, 0) is 61.1 Å². The van der Waals surface area contributed by atoms with E-state index in [4.69, 9.17) is 21.4 Å². The van der Waals surface area contributed by atoms with E-state index in [1.54, 1.807) is 66.6 Å². The maximum absolute atomic E-state index is 13.4. The highest BCUT2D eigenvalue weighted by molar-refractivity contribution is 6.41. The molecule has 44 heavy (non-hydrogen) atoms. The first-order valence-corrected chi connectivity index (χ1v) is 13.9. The molecule has 0 aliphatic rings. The van der Waals surface area contributed by atoms with Crippen LogP contribution in [-0.2, 0) is 21.0 Å². The summed E-state index contributed by atoms with van der Waals surface area (Å²) >= 11 is 6.43. The zero-order chi connectivity index (χ0) is 31.5. The van der Waals surface area contributed by atoms with Gasteiger partial charge in [-0.1, -0.05) is 29.8 Å². The molecule has 0 fully saturated rings. The summed E-state index contributed by atoms with van der Waals surface area (Å²) in [6.07, 6.45) is 4.23. The summed E-state index contributed by atoms with van der Waals surface area (Å²) in [5.74, 6) is -1.76. The molecule has 228 valence electrons. The lowest BCUT2D eigenvalue weighted by Crippen LogP contribution is -2.35. The molecular weight excluding hydrogens is 591 g/mol. The quantitative estimate of drug-likeness (QED) is 0.122. The van der Waals surface area contributed by atoms with Gasteiger partial charge in [-0.25, -0.2) is 14.4 Å². The number of hydrogen-bond acceptors (Lipinski definition) is 9. The zero-order valence-electron chi connectivity index (χ0n) is 23.7. The van der Waals surface area contributed by atoms with Gasteiger partial charge in [0.1, 0.15) is 30.3 Å². The molecule has 0 saturated heterocycles. The van der Waals surface area contributed by atoms with Gasteiger partial charge < -0.3 is 30.7 Å². The lowest BCUT2D eigenvalue weighted by Gasteiger charge is -2.13. The van der Waals surface area contributed by atoms with Gasteiger partial charge in [0, 0.05) is 35.9 Å². The number of anilines is 3. The second kappa shape index (κ2) is 15.5. The third-order valence-electron chi connectivity index (χ3n) is 6.22. The Morgan fingerprint density at radius 2 is 1.89 bits per heavy atom. The third kappa shape index (κ3) is 9.30. The van der Waals surface area contributed by atoms with Gasteiger partial charge in [-0.3, -0.25) is 14.4 Å². The first kappa shape index (κ1) is 32.0. The van der Waals surface area contributed by atoms with E-state index in [9.17, 15) is 18.8 Å². The number of Topliss-reactive ketones (excluding diaryl/α,β-unsaturated/α-hetero) is 1. The van der Waals surface area contributed by atoms with Crippen molar-refractivity contribution in [1.29, 1.82) is 0 Å². The van der Waals surface area contributed by atoms with Crippen molar-refractivity contribution in [3.63, 3.8) is 0 Å². The Balaban J connectivity index is 1.36. The van der Waals surface area contributed by atoms with Crippen LogP contribution in [0.15, 0.2) is 79.1 Å². The fourth-order valence-corrected chi connectivity index (χ4v) is 4.20. The lowest BCUT2D eigenvalue weighted by molar-refractivity contribution is -0.134. The first-order chi connectivity index (χ1) is 21.2. The summed E-state index contributed by atoms with van der Waals surface area (Å²) in [6.45, 7) is 0.567. The molecular formula is C31H30ClFN6O5. The molecule has 3 aromatic carbocycles. The zero-order valence-corrected chi connectivity index (χ0v) is 24.5. The molecule has 4 rings (SSSR count). The van der Waals surface area contributed by atoms with Crippen molar-refractivity contribution in [3.05, 3.63) is 95.5 Å². The number of carbonyl (C=O) groups is 3. The molecule has 0 saturated carbocycles. The van der Waals surface area contributed by atoms with Crippen molar-refractivity contribution >= 4 is 57.3 Å². The van der Waals surface area contributed by atoms with Crippen molar-refractivity contribution in [2.45, 2.75) is 6.61 Å². The molecule has 0 radical (unpaired) electrons. The van der Waals surface area contributed by atoms with Crippen molar-refractivity contribution in [2.75, 3.05) is 43.9 Å². The highest BCUT2D eigenvalue weighted by atomic mass is 35.5. The first-order valence-electron chi connectivity index (χ1n) is 13.5. The molecule has 13 heteroatoms. The number of rotatable bonds is 14. The average Bonchev–Trinajstić information content (AvgIpc) is 3.00. The molecule has 4 aromatic rings. The average molecular weight is 621 g/mol. The predicted octanol–water partition coefficient (Wildman–Crippen LogP) is 3.85. The van der Waals surface area contributed by atoms with Crippen LogP contribution in [0.25, 0.3) is 10.9 Å². The number of hydrogen-bond donors (Lipinski definition) is 4. The maximum atomic E-state index is 13.4. The van der Waals surface area contributed by atoms with Crippen LogP contribution in [0.2, 0.25) is 5.02 Å². The van der Waals surface area contributed by atoms with Crippen LogP contribution in [-0.4, -0.2) is 70.9 Å². The smallest absolute Gasteiger partial charge is 0.293 e. The minimum atomic E-state index is -0.900. The number of amides is 2. The number of nitrogens with one attached hydrogen (secondary N) is 3. The molecule has 1 heterocycles. The maximum Gasteiger partial charge on any atom is 0.293 e. The fraction of sp³-hybridized carbons (Fsp3) is 0.194. The number of halogens is 2. The summed E-state index contributed by atoms with van der Waals surface area (Å²) in [5.41, 5.74) is 2.17. The van der Waals surface area contributed by atoms with Gasteiger partial charge in [0.25, 0.3) is 5.91 Å². The Bertz CT molecular complexity index is 1680. The monoisotopic (exact) mass is 620 g/mol. The number of carbonyl (C=O) groups excluding carboxylic acids is 3. The van der Waals surface area contributed by atoms with Crippen LogP contribution in [0.5, 0.6) is 5.75 Å². The number of ketones is 1. The molecule has 11 nitrogen and oxygen atoms in total. The highest BCUT2D eigenvalue weighted by Gasteiger charge is 2.16. The predicted molar refractivity (Wildman–Crippen MR) is 165 cm³/mol. The van der Waals surface area contributed by atoms with E-state index in [-0.39, 0.29) is 19.0 Å². The van der Waals surface area contributed by atoms with Gasteiger partial charge in [0.2, 0.25) is 11.7 Å². The van der Waals surface area contributed by atoms with Gasteiger partial charge in [0.15, 0.2) is 0 Å². The van der Waals surface area contributed by atoms with Gasteiger partial charge in [-0.2, -0.15) is 0 Å². The van der Waals surface area contributed by atoms with E-state index in [0.29, 0.717) is 57.5 Å². The number of fused-ring (bicyclic) bond motifs is 1. The minimum Gasteiger partial charge on any atom is -0.487 e. The number of aliphatic hydroxyl groups is 1. The number of nitrogens with zero attached hydrogens (tertiary/aromatic N) is 3. The Labute approximate surface area is 257 Å². The summed E-state index contributed by atoms with van der Waals surface area (Å²) in [5, 5.41) is 17.9. The van der Waals surface area contributed by atoms with Crippen LogP contribution in [0.3, 0.4) is 0 Å². The van der Waals surface area contributed by atoms with E-state index in [2.05, 4.69) is 25.9 Å². The van der Waals surface area contributed by atoms with E-state index >= 15 is 0 Å².